The lowest BCUT2D eigenvalue weighted by Crippen LogP contribution is -2.04. The second-order valence-corrected chi connectivity index (χ2v) is 5.66. The first kappa shape index (κ1) is 13.8. The Morgan fingerprint density at radius 3 is 2.62 bits per heavy atom. The van der Waals surface area contributed by atoms with Gasteiger partial charge in [-0.3, -0.25) is 0 Å². The number of phenolic OH excluding ortho intramolecular Hbond substituents is 1. The number of para-hydroxylation sites is 2. The summed E-state index contributed by atoms with van der Waals surface area (Å²) in [4.78, 5) is 4.63. The number of hydrogen-bond acceptors (Lipinski definition) is 3. The van der Waals surface area contributed by atoms with E-state index in [4.69, 9.17) is 17.3 Å². The highest BCUT2D eigenvalue weighted by Crippen LogP contribution is 2.38. The van der Waals surface area contributed by atoms with Crippen molar-refractivity contribution in [2.75, 3.05) is 5.73 Å². The Labute approximate surface area is 127 Å². The molecule has 0 radical (unpaired) electrons. The number of hydrogen-bond donors (Lipinski definition) is 2. The van der Waals surface area contributed by atoms with Crippen LogP contribution >= 0.6 is 11.6 Å². The number of fused-ring (bicyclic) bond motifs is 1. The Hall–Kier alpha value is -2.20. The van der Waals surface area contributed by atoms with E-state index in [2.05, 4.69) is 18.8 Å². The molecule has 108 valence electrons. The van der Waals surface area contributed by atoms with Crippen molar-refractivity contribution >= 4 is 28.3 Å². The molecule has 0 bridgehead atoms. The summed E-state index contributed by atoms with van der Waals surface area (Å²) in [7, 11) is 0. The average Bonchev–Trinajstić information content (AvgIpc) is 2.82. The van der Waals surface area contributed by atoms with Crippen LogP contribution in [0, 0.1) is 0 Å². The lowest BCUT2D eigenvalue weighted by atomic mass is 10.1. The van der Waals surface area contributed by atoms with E-state index in [1.165, 1.54) is 0 Å². The first-order valence-corrected chi connectivity index (χ1v) is 7.12. The molecule has 1 aromatic heterocycles. The number of phenols is 1. The van der Waals surface area contributed by atoms with Crippen LogP contribution in [0.5, 0.6) is 5.75 Å². The third-order valence-electron chi connectivity index (χ3n) is 3.49. The Morgan fingerprint density at radius 2 is 1.90 bits per heavy atom. The van der Waals surface area contributed by atoms with Gasteiger partial charge in [0, 0.05) is 6.04 Å². The molecule has 1 heterocycles. The molecule has 0 aliphatic carbocycles. The lowest BCUT2D eigenvalue weighted by molar-refractivity contribution is 0.478. The van der Waals surface area contributed by atoms with Crippen LogP contribution < -0.4 is 5.73 Å². The summed E-state index contributed by atoms with van der Waals surface area (Å²) in [6.45, 7) is 4.11. The van der Waals surface area contributed by atoms with Crippen molar-refractivity contribution in [2.45, 2.75) is 19.9 Å². The van der Waals surface area contributed by atoms with Gasteiger partial charge in [-0.15, -0.1) is 0 Å². The van der Waals surface area contributed by atoms with Crippen LogP contribution in [0.3, 0.4) is 0 Å². The topological polar surface area (TPSA) is 64.1 Å². The van der Waals surface area contributed by atoms with Gasteiger partial charge in [0.05, 0.1) is 27.3 Å². The molecule has 0 saturated heterocycles. The largest absolute Gasteiger partial charge is 0.505 e. The van der Waals surface area contributed by atoms with Gasteiger partial charge < -0.3 is 15.4 Å². The number of anilines is 1. The van der Waals surface area contributed by atoms with E-state index in [0.717, 1.165) is 11.0 Å². The normalized spacial score (nSPS) is 11.4. The van der Waals surface area contributed by atoms with Crippen molar-refractivity contribution in [3.05, 3.63) is 41.4 Å². The number of nitrogens with two attached hydrogens (primary N) is 1. The van der Waals surface area contributed by atoms with Crippen molar-refractivity contribution < 1.29 is 5.11 Å². The van der Waals surface area contributed by atoms with Gasteiger partial charge in [0.2, 0.25) is 0 Å². The van der Waals surface area contributed by atoms with Gasteiger partial charge in [-0.2, -0.15) is 0 Å². The highest BCUT2D eigenvalue weighted by atomic mass is 35.5. The van der Waals surface area contributed by atoms with Crippen LogP contribution in [0.1, 0.15) is 19.9 Å². The van der Waals surface area contributed by atoms with Gasteiger partial charge in [-0.1, -0.05) is 23.7 Å². The second kappa shape index (κ2) is 4.97. The summed E-state index contributed by atoms with van der Waals surface area (Å²) < 4.78 is 2.02. The molecule has 0 fully saturated rings. The van der Waals surface area contributed by atoms with Crippen LogP contribution in [-0.2, 0) is 0 Å². The zero-order valence-corrected chi connectivity index (χ0v) is 12.6. The molecule has 2 aromatic carbocycles. The standard InChI is InChI=1S/C16H16ClN3O/c1-9(2)20-14-11(17)6-4-8-13(14)19-16(20)10-5-3-7-12(18)15(10)21/h3-9,21H,18H2,1-2H3. The number of nitrogen functional groups attached to an aromatic ring is 1. The molecule has 3 rings (SSSR count). The summed E-state index contributed by atoms with van der Waals surface area (Å²) in [5, 5.41) is 10.9. The Balaban J connectivity index is 2.40. The maximum Gasteiger partial charge on any atom is 0.149 e. The molecule has 21 heavy (non-hydrogen) atoms. The Bertz CT molecular complexity index is 824. The summed E-state index contributed by atoms with van der Waals surface area (Å²) in [6.07, 6.45) is 0. The van der Waals surface area contributed by atoms with Gasteiger partial charge in [-0.25, -0.2) is 4.98 Å². The molecule has 0 aliphatic heterocycles. The molecule has 3 aromatic rings. The van der Waals surface area contributed by atoms with Crippen LogP contribution in [0.2, 0.25) is 5.02 Å². The third-order valence-corrected chi connectivity index (χ3v) is 3.79. The fourth-order valence-electron chi connectivity index (χ4n) is 2.54. The first-order chi connectivity index (χ1) is 10.0. The fraction of sp³-hybridized carbons (Fsp3) is 0.188. The minimum atomic E-state index is 0.0471. The van der Waals surface area contributed by atoms with E-state index in [9.17, 15) is 5.11 Å². The molecule has 0 amide bonds. The van der Waals surface area contributed by atoms with Crippen molar-refractivity contribution in [3.8, 4) is 17.1 Å². The molecular weight excluding hydrogens is 286 g/mol. The van der Waals surface area contributed by atoms with Gasteiger partial charge in [0.25, 0.3) is 0 Å². The number of halogens is 1. The minimum absolute atomic E-state index is 0.0471. The Morgan fingerprint density at radius 1 is 1.19 bits per heavy atom. The quantitative estimate of drug-likeness (QED) is 0.550. The van der Waals surface area contributed by atoms with Crippen LogP contribution in [0.15, 0.2) is 36.4 Å². The fourth-order valence-corrected chi connectivity index (χ4v) is 2.80. The number of aromatic hydroxyl groups is 1. The molecular formula is C16H16ClN3O. The number of benzene rings is 2. The highest BCUT2D eigenvalue weighted by Gasteiger charge is 2.19. The lowest BCUT2D eigenvalue weighted by Gasteiger charge is -2.15. The summed E-state index contributed by atoms with van der Waals surface area (Å²) in [5.74, 6) is 0.712. The summed E-state index contributed by atoms with van der Waals surface area (Å²) >= 11 is 6.33. The molecule has 0 spiro atoms. The molecule has 3 N–H and O–H groups in total. The zero-order chi connectivity index (χ0) is 15.1. The SMILES string of the molecule is CC(C)n1c(-c2cccc(N)c2O)nc2cccc(Cl)c21. The van der Waals surface area contributed by atoms with Crippen LogP contribution in [0.4, 0.5) is 5.69 Å². The van der Waals surface area contributed by atoms with Crippen molar-refractivity contribution in [3.63, 3.8) is 0 Å². The second-order valence-electron chi connectivity index (χ2n) is 5.25. The predicted octanol–water partition coefficient (Wildman–Crippen LogP) is 4.23. The molecule has 0 saturated carbocycles. The Kier molecular flexibility index (Phi) is 3.26. The molecule has 4 nitrogen and oxygen atoms in total. The van der Waals surface area contributed by atoms with Crippen LogP contribution in [0.25, 0.3) is 22.4 Å². The summed E-state index contributed by atoms with van der Waals surface area (Å²) in [5.41, 5.74) is 8.40. The predicted molar refractivity (Wildman–Crippen MR) is 86.6 cm³/mol. The van der Waals surface area contributed by atoms with Crippen molar-refractivity contribution in [1.82, 2.24) is 9.55 Å². The van der Waals surface area contributed by atoms with Gasteiger partial charge >= 0.3 is 0 Å². The number of imidazole rings is 1. The zero-order valence-electron chi connectivity index (χ0n) is 11.8. The van der Waals surface area contributed by atoms with Crippen LogP contribution in [-0.4, -0.2) is 14.7 Å². The van der Waals surface area contributed by atoms with Gasteiger partial charge in [0.1, 0.15) is 11.6 Å². The maximum atomic E-state index is 10.2. The van der Waals surface area contributed by atoms with Gasteiger partial charge in [-0.05, 0) is 38.1 Å². The van der Waals surface area contributed by atoms with Crippen molar-refractivity contribution in [2.24, 2.45) is 0 Å². The first-order valence-electron chi connectivity index (χ1n) is 6.75. The van der Waals surface area contributed by atoms with E-state index in [1.807, 2.05) is 22.8 Å². The van der Waals surface area contributed by atoms with Crippen molar-refractivity contribution in [1.29, 1.82) is 0 Å². The smallest absolute Gasteiger partial charge is 0.149 e. The van der Waals surface area contributed by atoms with E-state index in [0.29, 0.717) is 22.1 Å². The number of rotatable bonds is 2. The molecule has 0 aliphatic rings. The molecule has 0 unspecified atom stereocenters. The van der Waals surface area contributed by atoms with E-state index in [1.54, 1.807) is 18.2 Å². The number of aromatic nitrogens is 2. The van der Waals surface area contributed by atoms with E-state index < -0.39 is 0 Å². The third kappa shape index (κ3) is 2.12. The maximum absolute atomic E-state index is 10.2. The van der Waals surface area contributed by atoms with Gasteiger partial charge in [0.15, 0.2) is 0 Å². The number of nitrogens with zero attached hydrogens (tertiary/aromatic N) is 2. The highest BCUT2D eigenvalue weighted by molar-refractivity contribution is 6.35. The monoisotopic (exact) mass is 301 g/mol. The summed E-state index contributed by atoms with van der Waals surface area (Å²) in [6, 6.07) is 11.0. The molecule has 5 heteroatoms. The average molecular weight is 302 g/mol. The van der Waals surface area contributed by atoms with E-state index in [-0.39, 0.29) is 11.8 Å². The minimum Gasteiger partial charge on any atom is -0.505 e. The molecule has 0 atom stereocenters. The van der Waals surface area contributed by atoms with E-state index >= 15 is 0 Å².